The second-order valence-electron chi connectivity index (χ2n) is 6.67. The molecule has 1 aromatic heterocycles. The number of carbonyl (C=O) groups excluding carboxylic acids is 3. The second-order valence-corrected chi connectivity index (χ2v) is 6.67. The van der Waals surface area contributed by atoms with Crippen molar-refractivity contribution in [2.75, 3.05) is 12.4 Å². The Morgan fingerprint density at radius 2 is 1.29 bits per heavy atom. The van der Waals surface area contributed by atoms with Crippen molar-refractivity contribution >= 4 is 29.6 Å². The number of rotatable bonds is 9. The normalized spacial score (nSPS) is 12.0. The predicted octanol–water partition coefficient (Wildman–Crippen LogP) is 1.96. The number of carboxylic acid groups (broad SMARTS) is 1. The van der Waals surface area contributed by atoms with Crippen LogP contribution in [0, 0.1) is 0 Å². The van der Waals surface area contributed by atoms with Crippen LogP contribution in [0.3, 0.4) is 0 Å². The zero-order valence-corrected chi connectivity index (χ0v) is 17.8. The zero-order valence-electron chi connectivity index (χ0n) is 17.8. The van der Waals surface area contributed by atoms with Crippen LogP contribution in [-0.2, 0) is 19.1 Å². The van der Waals surface area contributed by atoms with Crippen LogP contribution >= 0.6 is 0 Å². The average molecular weight is 465 g/mol. The summed E-state index contributed by atoms with van der Waals surface area (Å²) < 4.78 is 15.1. The fourth-order valence-corrected chi connectivity index (χ4v) is 2.70. The number of carboxylic acids is 1. The fourth-order valence-electron chi connectivity index (χ4n) is 2.70. The van der Waals surface area contributed by atoms with Crippen LogP contribution in [0.15, 0.2) is 72.8 Å². The van der Waals surface area contributed by atoms with Gasteiger partial charge in [-0.1, -0.05) is 36.4 Å². The van der Waals surface area contributed by atoms with Crippen LogP contribution in [0.4, 0.5) is 5.82 Å². The summed E-state index contributed by atoms with van der Waals surface area (Å²) in [6.45, 7) is 0. The summed E-state index contributed by atoms with van der Waals surface area (Å²) in [5.41, 5.74) is 0.103. The first-order chi connectivity index (χ1) is 16.4. The molecule has 0 saturated carbocycles. The van der Waals surface area contributed by atoms with Gasteiger partial charge in [-0.25, -0.2) is 14.4 Å². The molecule has 11 heteroatoms. The Morgan fingerprint density at radius 3 is 1.74 bits per heavy atom. The highest BCUT2D eigenvalue weighted by molar-refractivity contribution is 6.01. The van der Waals surface area contributed by atoms with Crippen LogP contribution in [0.25, 0.3) is 0 Å². The second kappa shape index (κ2) is 11.2. The molecule has 0 fully saturated rings. The minimum atomic E-state index is -2.16. The summed E-state index contributed by atoms with van der Waals surface area (Å²) in [5, 5.41) is 19.4. The van der Waals surface area contributed by atoms with Gasteiger partial charge in [0.2, 0.25) is 18.1 Å². The van der Waals surface area contributed by atoms with Gasteiger partial charge in [0.1, 0.15) is 0 Å². The number of anilines is 1. The van der Waals surface area contributed by atoms with Crippen LogP contribution in [-0.4, -0.2) is 58.4 Å². The molecule has 0 radical (unpaired) electrons. The van der Waals surface area contributed by atoms with Gasteiger partial charge in [-0.3, -0.25) is 4.79 Å². The highest BCUT2D eigenvalue weighted by Crippen LogP contribution is 2.16. The lowest BCUT2D eigenvalue weighted by atomic mass is 10.1. The van der Waals surface area contributed by atoms with Gasteiger partial charge >= 0.3 is 17.9 Å². The van der Waals surface area contributed by atoms with E-state index in [-0.39, 0.29) is 22.8 Å². The van der Waals surface area contributed by atoms with E-state index in [0.717, 1.165) is 0 Å². The Bertz CT molecular complexity index is 1150. The third-order valence-electron chi connectivity index (χ3n) is 4.36. The highest BCUT2D eigenvalue weighted by atomic mass is 16.6. The summed E-state index contributed by atoms with van der Waals surface area (Å²) in [6.07, 6.45) is -4.21. The number of hydrogen-bond donors (Lipinski definition) is 2. The third-order valence-corrected chi connectivity index (χ3v) is 4.36. The minimum Gasteiger partial charge on any atom is -0.480 e. The number of nitrogens with one attached hydrogen (secondary N) is 1. The molecule has 0 aliphatic heterocycles. The first-order valence-corrected chi connectivity index (χ1v) is 9.82. The van der Waals surface area contributed by atoms with E-state index in [0.29, 0.717) is 0 Å². The molecule has 0 aliphatic carbocycles. The lowest BCUT2D eigenvalue weighted by molar-refractivity contribution is -0.157. The molecule has 2 atom stereocenters. The Labute approximate surface area is 193 Å². The SMILES string of the molecule is COc1ccc(NC(=O)[C@@H](OC(=O)c2ccccc2)[C@H](OC(=O)c2ccccc2)C(=O)O)nn1. The molecule has 0 unspecified atom stereocenters. The smallest absolute Gasteiger partial charge is 0.349 e. The molecule has 3 aromatic rings. The zero-order chi connectivity index (χ0) is 24.5. The number of nitrogens with zero attached hydrogens (tertiary/aromatic N) is 2. The number of carbonyl (C=O) groups is 4. The summed E-state index contributed by atoms with van der Waals surface area (Å²) in [7, 11) is 1.37. The number of amides is 1. The van der Waals surface area contributed by atoms with E-state index >= 15 is 0 Å². The molecule has 3 rings (SSSR count). The number of methoxy groups -OCH3 is 1. The summed E-state index contributed by atoms with van der Waals surface area (Å²) in [6, 6.07) is 17.9. The van der Waals surface area contributed by atoms with E-state index in [9.17, 15) is 24.3 Å². The van der Waals surface area contributed by atoms with Gasteiger partial charge in [-0.2, -0.15) is 0 Å². The standard InChI is InChI=1S/C23H19N3O8/c1-32-17-13-12-16(25-26-17)24-20(27)18(33-22(30)14-8-4-2-5-9-14)19(21(28)29)34-23(31)15-10-6-3-7-11-15/h2-13,18-19H,1H3,(H,28,29)(H,24,25,27)/t18-,19-/m0/s1. The Hall–Kier alpha value is -4.80. The summed E-state index contributed by atoms with van der Waals surface area (Å²) in [4.78, 5) is 50.0. The summed E-state index contributed by atoms with van der Waals surface area (Å²) >= 11 is 0. The minimum absolute atomic E-state index is 0.0447. The molecule has 1 amide bonds. The van der Waals surface area contributed by atoms with Crippen LogP contribution in [0.2, 0.25) is 0 Å². The number of aromatic nitrogens is 2. The van der Waals surface area contributed by atoms with Crippen molar-refractivity contribution in [3.63, 3.8) is 0 Å². The predicted molar refractivity (Wildman–Crippen MR) is 116 cm³/mol. The molecular weight excluding hydrogens is 446 g/mol. The van der Waals surface area contributed by atoms with Crippen molar-refractivity contribution in [3.05, 3.63) is 83.9 Å². The van der Waals surface area contributed by atoms with Crippen LogP contribution in [0.1, 0.15) is 20.7 Å². The molecule has 1 heterocycles. The van der Waals surface area contributed by atoms with E-state index < -0.39 is 36.0 Å². The van der Waals surface area contributed by atoms with Gasteiger partial charge in [0.25, 0.3) is 5.91 Å². The quantitative estimate of drug-likeness (QED) is 0.448. The first-order valence-electron chi connectivity index (χ1n) is 9.82. The molecule has 34 heavy (non-hydrogen) atoms. The maximum atomic E-state index is 13.0. The van der Waals surface area contributed by atoms with Gasteiger partial charge in [-0.05, 0) is 30.3 Å². The number of esters is 2. The number of aliphatic carboxylic acids is 1. The highest BCUT2D eigenvalue weighted by Gasteiger charge is 2.41. The molecule has 11 nitrogen and oxygen atoms in total. The lowest BCUT2D eigenvalue weighted by Gasteiger charge is -2.23. The van der Waals surface area contributed by atoms with Crippen LogP contribution in [0.5, 0.6) is 5.88 Å². The first kappa shape index (κ1) is 23.9. The maximum Gasteiger partial charge on any atom is 0.349 e. The number of benzene rings is 2. The topological polar surface area (TPSA) is 154 Å². The van der Waals surface area contributed by atoms with E-state index in [4.69, 9.17) is 14.2 Å². The van der Waals surface area contributed by atoms with Crippen molar-refractivity contribution in [1.29, 1.82) is 0 Å². The number of ether oxygens (including phenoxy) is 3. The van der Waals surface area contributed by atoms with Gasteiger partial charge in [0, 0.05) is 6.07 Å². The molecule has 0 bridgehead atoms. The Morgan fingerprint density at radius 1 is 0.765 bits per heavy atom. The molecule has 0 saturated heterocycles. The Kier molecular flexibility index (Phi) is 7.84. The van der Waals surface area contributed by atoms with E-state index in [1.807, 2.05) is 0 Å². The number of hydrogen-bond acceptors (Lipinski definition) is 9. The van der Waals surface area contributed by atoms with Gasteiger partial charge in [-0.15, -0.1) is 10.2 Å². The van der Waals surface area contributed by atoms with Crippen molar-refractivity contribution in [2.45, 2.75) is 12.2 Å². The van der Waals surface area contributed by atoms with Gasteiger partial charge in [0.05, 0.1) is 18.2 Å². The molecular formula is C23H19N3O8. The van der Waals surface area contributed by atoms with Crippen molar-refractivity contribution in [2.24, 2.45) is 0 Å². The molecule has 2 N–H and O–H groups in total. The lowest BCUT2D eigenvalue weighted by Crippen LogP contribution is -2.48. The monoisotopic (exact) mass is 465 g/mol. The van der Waals surface area contributed by atoms with E-state index in [1.165, 1.54) is 43.5 Å². The summed E-state index contributed by atoms with van der Waals surface area (Å²) in [5.74, 6) is -4.73. The van der Waals surface area contributed by atoms with Gasteiger partial charge < -0.3 is 24.6 Å². The molecule has 0 spiro atoms. The van der Waals surface area contributed by atoms with E-state index in [1.54, 1.807) is 36.4 Å². The van der Waals surface area contributed by atoms with Crippen molar-refractivity contribution in [3.8, 4) is 5.88 Å². The third kappa shape index (κ3) is 6.13. The Balaban J connectivity index is 1.88. The maximum absolute atomic E-state index is 13.0. The van der Waals surface area contributed by atoms with Crippen molar-refractivity contribution in [1.82, 2.24) is 10.2 Å². The largest absolute Gasteiger partial charge is 0.480 e. The van der Waals surface area contributed by atoms with Gasteiger partial charge in [0.15, 0.2) is 5.82 Å². The molecule has 2 aromatic carbocycles. The average Bonchev–Trinajstić information content (AvgIpc) is 2.87. The van der Waals surface area contributed by atoms with Crippen LogP contribution < -0.4 is 10.1 Å². The van der Waals surface area contributed by atoms with E-state index in [2.05, 4.69) is 15.5 Å². The molecule has 0 aliphatic rings. The molecule has 174 valence electrons. The fraction of sp³-hybridized carbons (Fsp3) is 0.130. The van der Waals surface area contributed by atoms with Crippen molar-refractivity contribution < 1.29 is 38.5 Å².